The van der Waals surface area contributed by atoms with Gasteiger partial charge in [0.2, 0.25) is 0 Å². The molecule has 1 heterocycles. The molecule has 1 aliphatic heterocycles. The van der Waals surface area contributed by atoms with Crippen molar-refractivity contribution in [2.24, 2.45) is 5.92 Å². The van der Waals surface area contributed by atoms with E-state index in [2.05, 4.69) is 56.1 Å². The lowest BCUT2D eigenvalue weighted by molar-refractivity contribution is -0.131. The molecule has 178 valence electrons. The Morgan fingerprint density at radius 3 is 2.70 bits per heavy atom. The second-order valence-corrected chi connectivity index (χ2v) is 9.84. The molecule has 0 amide bonds. The van der Waals surface area contributed by atoms with Gasteiger partial charge in [0.15, 0.2) is 0 Å². The van der Waals surface area contributed by atoms with Crippen LogP contribution in [0.5, 0.6) is 11.5 Å². The van der Waals surface area contributed by atoms with Crippen molar-refractivity contribution >= 4 is 11.7 Å². The fourth-order valence-corrected chi connectivity index (χ4v) is 5.68. The number of nitrogens with zero attached hydrogens (tertiary/aromatic N) is 1. The minimum absolute atomic E-state index is 0.0486. The van der Waals surface area contributed by atoms with Crippen LogP contribution in [-0.4, -0.2) is 36.4 Å². The lowest BCUT2D eigenvalue weighted by atomic mass is 9.68. The fourth-order valence-electron chi connectivity index (χ4n) is 5.68. The maximum Gasteiger partial charge on any atom is 0.308 e. The highest BCUT2D eigenvalue weighted by Crippen LogP contribution is 2.53. The molecule has 1 unspecified atom stereocenters. The summed E-state index contributed by atoms with van der Waals surface area (Å²) in [6.07, 6.45) is 5.28. The predicted molar refractivity (Wildman–Crippen MR) is 131 cm³/mol. The second-order valence-electron chi connectivity index (χ2n) is 9.84. The van der Waals surface area contributed by atoms with Crippen LogP contribution in [-0.2, 0) is 11.2 Å². The number of esters is 1. The van der Waals surface area contributed by atoms with E-state index in [1.165, 1.54) is 12.5 Å². The van der Waals surface area contributed by atoms with Gasteiger partial charge in [-0.3, -0.25) is 4.79 Å². The van der Waals surface area contributed by atoms with Gasteiger partial charge in [-0.2, -0.15) is 0 Å². The number of benzene rings is 2. The highest BCUT2D eigenvalue weighted by Gasteiger charge is 2.43. The number of fused-ring (bicyclic) bond motifs is 3. The van der Waals surface area contributed by atoms with Gasteiger partial charge in [-0.1, -0.05) is 30.3 Å². The zero-order valence-electron chi connectivity index (χ0n) is 20.3. The van der Waals surface area contributed by atoms with E-state index in [-0.39, 0.29) is 24.1 Å². The summed E-state index contributed by atoms with van der Waals surface area (Å²) in [4.78, 5) is 14.2. The molecular weight excluding hydrogens is 414 g/mol. The third-order valence-corrected chi connectivity index (χ3v) is 7.46. The summed E-state index contributed by atoms with van der Waals surface area (Å²) in [5, 5.41) is 10.4. The van der Waals surface area contributed by atoms with Crippen LogP contribution in [0.1, 0.15) is 69.9 Å². The van der Waals surface area contributed by atoms with Crippen LogP contribution in [0.15, 0.2) is 42.5 Å². The molecule has 1 saturated carbocycles. The van der Waals surface area contributed by atoms with Crippen LogP contribution >= 0.6 is 0 Å². The minimum Gasteiger partial charge on any atom is -0.491 e. The first kappa shape index (κ1) is 23.6. The van der Waals surface area contributed by atoms with E-state index in [4.69, 9.17) is 9.47 Å². The Hall–Kier alpha value is -2.53. The summed E-state index contributed by atoms with van der Waals surface area (Å²) in [6.45, 7) is 5.79. The van der Waals surface area contributed by atoms with Gasteiger partial charge in [0, 0.05) is 43.4 Å². The van der Waals surface area contributed by atoms with Crippen LogP contribution in [0, 0.1) is 5.92 Å². The van der Waals surface area contributed by atoms with Crippen LogP contribution < -0.4 is 14.4 Å². The standard InChI is InChI=1S/C28H37NO4/c1-18(9-8-12-21-10-6-5-7-11-21)32-23-16-26-28(27(17-23)33-20(3)30)25-15-22(31)13-14-24(25)19(2)29(26)4/h5-7,10-11,16-19,22,24-25,31H,8-9,12-15H2,1-4H3/t18?,19-,22-,24+,25-/m1/s1. The van der Waals surface area contributed by atoms with E-state index in [1.54, 1.807) is 0 Å². The van der Waals surface area contributed by atoms with Gasteiger partial charge in [0.25, 0.3) is 0 Å². The average Bonchev–Trinajstić information content (AvgIpc) is 2.77. The average molecular weight is 452 g/mol. The number of carbonyl (C=O) groups is 1. The van der Waals surface area contributed by atoms with E-state index in [0.29, 0.717) is 24.1 Å². The molecule has 2 aliphatic rings. The van der Waals surface area contributed by atoms with Gasteiger partial charge in [-0.15, -0.1) is 0 Å². The number of aryl methyl sites for hydroxylation is 1. The molecule has 0 spiro atoms. The smallest absolute Gasteiger partial charge is 0.308 e. The number of hydrogen-bond acceptors (Lipinski definition) is 5. The summed E-state index contributed by atoms with van der Waals surface area (Å²) in [6, 6.07) is 14.8. The number of hydrogen-bond donors (Lipinski definition) is 1. The number of rotatable bonds is 7. The summed E-state index contributed by atoms with van der Waals surface area (Å²) >= 11 is 0. The highest BCUT2D eigenvalue weighted by molar-refractivity contribution is 5.74. The third-order valence-electron chi connectivity index (χ3n) is 7.46. The number of aliphatic hydroxyl groups is 1. The molecule has 5 nitrogen and oxygen atoms in total. The summed E-state index contributed by atoms with van der Waals surface area (Å²) in [7, 11) is 2.11. The van der Waals surface area contributed by atoms with Crippen molar-refractivity contribution in [2.45, 2.75) is 83.5 Å². The Morgan fingerprint density at radius 2 is 1.97 bits per heavy atom. The van der Waals surface area contributed by atoms with Gasteiger partial charge in [0.1, 0.15) is 11.5 Å². The molecule has 1 aliphatic carbocycles. The summed E-state index contributed by atoms with van der Waals surface area (Å²) in [5.74, 6) is 1.59. The first-order valence-corrected chi connectivity index (χ1v) is 12.3. The Morgan fingerprint density at radius 1 is 1.21 bits per heavy atom. The van der Waals surface area contributed by atoms with Gasteiger partial charge >= 0.3 is 5.97 Å². The summed E-state index contributed by atoms with van der Waals surface area (Å²) in [5.41, 5.74) is 3.43. The molecule has 0 aromatic heterocycles. The van der Waals surface area contributed by atoms with Crippen molar-refractivity contribution in [1.29, 1.82) is 0 Å². The zero-order chi connectivity index (χ0) is 23.5. The third kappa shape index (κ3) is 5.35. The van der Waals surface area contributed by atoms with Crippen molar-refractivity contribution in [3.05, 3.63) is 53.6 Å². The Kier molecular flexibility index (Phi) is 7.28. The van der Waals surface area contributed by atoms with E-state index < -0.39 is 0 Å². The fraction of sp³-hybridized carbons (Fsp3) is 0.536. The van der Waals surface area contributed by atoms with Crippen LogP contribution in [0.4, 0.5) is 5.69 Å². The molecule has 5 heteroatoms. The van der Waals surface area contributed by atoms with Crippen molar-refractivity contribution < 1.29 is 19.4 Å². The maximum absolute atomic E-state index is 12.0. The van der Waals surface area contributed by atoms with E-state index >= 15 is 0 Å². The monoisotopic (exact) mass is 451 g/mol. The lowest BCUT2D eigenvalue weighted by Crippen LogP contribution is -2.46. The maximum atomic E-state index is 12.0. The van der Waals surface area contributed by atoms with Gasteiger partial charge in [0.05, 0.1) is 12.2 Å². The lowest BCUT2D eigenvalue weighted by Gasteiger charge is -2.48. The molecule has 33 heavy (non-hydrogen) atoms. The molecule has 2 aromatic rings. The molecule has 0 bridgehead atoms. The van der Waals surface area contributed by atoms with Crippen LogP contribution in [0.25, 0.3) is 0 Å². The van der Waals surface area contributed by atoms with E-state index in [0.717, 1.165) is 49.1 Å². The van der Waals surface area contributed by atoms with Crippen molar-refractivity contribution in [3.63, 3.8) is 0 Å². The van der Waals surface area contributed by atoms with Gasteiger partial charge in [-0.05, 0) is 69.8 Å². The van der Waals surface area contributed by atoms with Crippen molar-refractivity contribution in [3.8, 4) is 11.5 Å². The number of anilines is 1. The molecular formula is C28H37NO4. The number of carbonyl (C=O) groups excluding carboxylic acids is 1. The largest absolute Gasteiger partial charge is 0.491 e. The second kappa shape index (κ2) is 10.2. The van der Waals surface area contributed by atoms with E-state index in [9.17, 15) is 9.90 Å². The molecule has 0 radical (unpaired) electrons. The van der Waals surface area contributed by atoms with E-state index in [1.807, 2.05) is 12.1 Å². The summed E-state index contributed by atoms with van der Waals surface area (Å²) < 4.78 is 12.0. The topological polar surface area (TPSA) is 59.0 Å². The van der Waals surface area contributed by atoms with Gasteiger partial charge in [-0.25, -0.2) is 0 Å². The molecule has 0 saturated heterocycles. The van der Waals surface area contributed by atoms with Crippen molar-refractivity contribution in [1.82, 2.24) is 0 Å². The highest BCUT2D eigenvalue weighted by atomic mass is 16.5. The first-order chi connectivity index (χ1) is 15.8. The first-order valence-electron chi connectivity index (χ1n) is 12.3. The molecule has 2 aromatic carbocycles. The molecule has 4 rings (SSSR count). The number of aliphatic hydroxyl groups excluding tert-OH is 1. The predicted octanol–water partition coefficient (Wildman–Crippen LogP) is 5.49. The Bertz CT molecular complexity index is 960. The SMILES string of the molecule is CC(=O)Oc1cc(OC(C)CCCc2ccccc2)cc2c1[C@@H]1C[C@H](O)CC[C@H]1[C@@H](C)N2C. The molecule has 5 atom stereocenters. The van der Waals surface area contributed by atoms with Crippen molar-refractivity contribution in [2.75, 3.05) is 11.9 Å². The van der Waals surface area contributed by atoms with Gasteiger partial charge < -0.3 is 19.5 Å². The molecule has 1 N–H and O–H groups in total. The quantitative estimate of drug-likeness (QED) is 0.446. The normalized spacial score (nSPS) is 25.1. The molecule has 1 fully saturated rings. The Balaban J connectivity index is 1.55. The number of ether oxygens (including phenoxy) is 2. The zero-order valence-corrected chi connectivity index (χ0v) is 20.3. The van der Waals surface area contributed by atoms with Crippen LogP contribution in [0.2, 0.25) is 0 Å². The minimum atomic E-state index is -0.334. The van der Waals surface area contributed by atoms with Crippen LogP contribution in [0.3, 0.4) is 0 Å². The Labute approximate surface area is 197 Å².